The van der Waals surface area contributed by atoms with Crippen molar-refractivity contribution in [1.82, 2.24) is 4.98 Å². The number of fused-ring (bicyclic) bond motifs is 1. The number of hydrogen-bond donors (Lipinski definition) is 1. The topological polar surface area (TPSA) is 63.3 Å². The van der Waals surface area contributed by atoms with E-state index in [1.54, 1.807) is 0 Å². The van der Waals surface area contributed by atoms with Crippen LogP contribution in [-0.4, -0.2) is 15.9 Å². The van der Waals surface area contributed by atoms with Gasteiger partial charge < -0.3 is 9.52 Å². The molecule has 4 nitrogen and oxygen atoms in total. The summed E-state index contributed by atoms with van der Waals surface area (Å²) >= 11 is 0. The van der Waals surface area contributed by atoms with E-state index in [1.807, 2.05) is 42.5 Å². The average Bonchev–Trinajstić information content (AvgIpc) is 3.28. The minimum atomic E-state index is -0.125. The molecule has 0 atom stereocenters. The first-order valence-electron chi connectivity index (χ1n) is 11.3. The first-order valence-corrected chi connectivity index (χ1v) is 11.3. The molecule has 2 aromatic heterocycles. The number of rotatable bonds is 4. The summed E-state index contributed by atoms with van der Waals surface area (Å²) in [6.07, 6.45) is 1.17. The fraction of sp³-hybridized carbons (Fsp3) is 0.0968. The van der Waals surface area contributed by atoms with E-state index in [0.29, 0.717) is 0 Å². The molecule has 3 aromatic carbocycles. The van der Waals surface area contributed by atoms with Crippen LogP contribution in [0.3, 0.4) is 0 Å². The molecule has 1 radical (unpaired) electrons. The Kier molecular flexibility index (Phi) is 9.13. The fourth-order valence-corrected chi connectivity index (χ4v) is 3.65. The van der Waals surface area contributed by atoms with Crippen LogP contribution in [0, 0.1) is 13.0 Å². The Balaban J connectivity index is 0.000000400. The van der Waals surface area contributed by atoms with Crippen LogP contribution >= 0.6 is 0 Å². The smallest absolute Gasteiger partial charge is 0.155 e. The predicted octanol–water partition coefficient (Wildman–Crippen LogP) is 7.97. The monoisotopic (exact) mass is 653 g/mol. The predicted molar refractivity (Wildman–Crippen MR) is 141 cm³/mol. The quantitative estimate of drug-likeness (QED) is 0.122. The van der Waals surface area contributed by atoms with Gasteiger partial charge in [-0.1, -0.05) is 66.2 Å². The van der Waals surface area contributed by atoms with Gasteiger partial charge in [0.15, 0.2) is 11.4 Å². The zero-order valence-corrected chi connectivity index (χ0v) is 22.7. The van der Waals surface area contributed by atoms with Crippen molar-refractivity contribution in [1.29, 1.82) is 0 Å². The number of aliphatic hydroxyl groups is 1. The van der Waals surface area contributed by atoms with Gasteiger partial charge >= 0.3 is 0 Å². The number of carbonyl (C=O) groups is 1. The van der Waals surface area contributed by atoms with Crippen LogP contribution < -0.4 is 0 Å². The molecule has 0 saturated heterocycles. The van der Waals surface area contributed by atoms with Crippen molar-refractivity contribution >= 4 is 16.9 Å². The molecular weight excluding hydrogens is 627 g/mol. The molecule has 0 unspecified atom stereocenters. The van der Waals surface area contributed by atoms with E-state index in [-0.39, 0.29) is 31.6 Å². The van der Waals surface area contributed by atoms with Gasteiger partial charge in [-0.15, -0.1) is 35.4 Å². The van der Waals surface area contributed by atoms with Crippen molar-refractivity contribution in [2.45, 2.75) is 20.8 Å². The molecule has 0 aliphatic heterocycles. The van der Waals surface area contributed by atoms with Gasteiger partial charge in [-0.25, -0.2) is 0 Å². The maximum Gasteiger partial charge on any atom is 0.155 e. The summed E-state index contributed by atoms with van der Waals surface area (Å²) < 4.78 is 6.01. The summed E-state index contributed by atoms with van der Waals surface area (Å²) in [5, 5.41) is 8.36. The third kappa shape index (κ3) is 6.88. The van der Waals surface area contributed by atoms with E-state index in [9.17, 15) is 4.79 Å². The van der Waals surface area contributed by atoms with Crippen molar-refractivity contribution in [3.63, 3.8) is 0 Å². The Morgan fingerprint density at radius 1 is 0.889 bits per heavy atom. The maximum absolute atomic E-state index is 10.0. The molecule has 0 aliphatic rings. The van der Waals surface area contributed by atoms with E-state index in [2.05, 4.69) is 61.5 Å². The van der Waals surface area contributed by atoms with E-state index < -0.39 is 0 Å². The number of pyridine rings is 1. The molecule has 0 saturated carbocycles. The maximum atomic E-state index is 10.0. The second-order valence-electron chi connectivity index (χ2n) is 8.31. The van der Waals surface area contributed by atoms with Gasteiger partial charge in [0, 0.05) is 37.8 Å². The minimum absolute atomic E-state index is 0. The average molecular weight is 653 g/mol. The number of benzene rings is 3. The second kappa shape index (κ2) is 12.3. The minimum Gasteiger partial charge on any atom is -0.512 e. The van der Waals surface area contributed by atoms with Gasteiger partial charge in [0.05, 0.1) is 11.3 Å². The van der Waals surface area contributed by atoms with E-state index in [4.69, 9.17) is 14.5 Å². The second-order valence-corrected chi connectivity index (χ2v) is 8.31. The Bertz CT molecular complexity index is 1480. The van der Waals surface area contributed by atoms with Crippen LogP contribution in [0.2, 0.25) is 0 Å². The molecule has 0 amide bonds. The number of furan rings is 1. The molecule has 36 heavy (non-hydrogen) atoms. The molecule has 5 aromatic rings. The summed E-state index contributed by atoms with van der Waals surface area (Å²) in [4.78, 5) is 14.8. The van der Waals surface area contributed by atoms with Crippen molar-refractivity contribution in [3.05, 3.63) is 114 Å². The number of carbonyl (C=O) groups excluding carboxylic acids is 1. The summed E-state index contributed by atoms with van der Waals surface area (Å²) in [5.74, 6) is 0.772. The SMILES string of the molecule is CC(=O)/C=C(/C)O.Cc1ccc(-c2cc3nc(-c4[c-]ccc(-c5ccccc5)c4)ccc3o2)cc1.[Ir]. The molecule has 5 heteroatoms. The van der Waals surface area contributed by atoms with Gasteiger partial charge in [0.25, 0.3) is 0 Å². The standard InChI is InChI=1S/C26H18NO.C5H8O2.Ir/c1-18-10-12-20(13-11-18)26-17-24-25(28-26)15-14-23(27-24)22-9-5-8-21(16-22)19-6-3-2-4-7-19;1-4(6)3-5(2)7;/h2-8,10-17H,1H3;3,6H,1-2H3;/q-1;;/b;4-3-;. The molecule has 0 fully saturated rings. The molecule has 0 bridgehead atoms. The normalized spacial score (nSPS) is 10.8. The number of aliphatic hydroxyl groups excluding tert-OH is 1. The van der Waals surface area contributed by atoms with Crippen molar-refractivity contribution in [3.8, 4) is 33.7 Å². The van der Waals surface area contributed by atoms with Gasteiger partial charge in [-0.2, -0.15) is 0 Å². The van der Waals surface area contributed by atoms with Crippen molar-refractivity contribution in [2.75, 3.05) is 0 Å². The van der Waals surface area contributed by atoms with Crippen molar-refractivity contribution in [2.24, 2.45) is 0 Å². The summed E-state index contributed by atoms with van der Waals surface area (Å²) in [6, 6.07) is 34.1. The van der Waals surface area contributed by atoms with Crippen LogP contribution in [0.5, 0.6) is 0 Å². The van der Waals surface area contributed by atoms with Gasteiger partial charge in [0.2, 0.25) is 0 Å². The number of ketones is 1. The van der Waals surface area contributed by atoms with Crippen molar-refractivity contribution < 1.29 is 34.4 Å². The first-order chi connectivity index (χ1) is 16.9. The third-order valence-electron chi connectivity index (χ3n) is 5.31. The number of aromatic nitrogens is 1. The number of aryl methyl sites for hydroxylation is 1. The summed E-state index contributed by atoms with van der Waals surface area (Å²) in [7, 11) is 0. The summed E-state index contributed by atoms with van der Waals surface area (Å²) in [6.45, 7) is 4.93. The Morgan fingerprint density at radius 2 is 1.61 bits per heavy atom. The van der Waals surface area contributed by atoms with Gasteiger partial charge in [-0.05, 0) is 38.1 Å². The zero-order chi connectivity index (χ0) is 24.8. The van der Waals surface area contributed by atoms with Crippen LogP contribution in [-0.2, 0) is 24.9 Å². The summed E-state index contributed by atoms with van der Waals surface area (Å²) in [5.41, 5.74) is 8.14. The Hall–Kier alpha value is -3.79. The van der Waals surface area contributed by atoms with E-state index in [0.717, 1.165) is 39.2 Å². The van der Waals surface area contributed by atoms with Crippen LogP contribution in [0.15, 0.2) is 107 Å². The number of allylic oxidation sites excluding steroid dienone is 2. The van der Waals surface area contributed by atoms with E-state index in [1.165, 1.54) is 31.1 Å². The molecule has 0 aliphatic carbocycles. The zero-order valence-electron chi connectivity index (χ0n) is 20.3. The molecule has 1 N–H and O–H groups in total. The molecular formula is C31H26IrNO3-. The Morgan fingerprint density at radius 3 is 2.25 bits per heavy atom. The largest absolute Gasteiger partial charge is 0.512 e. The number of nitrogens with zero attached hydrogens (tertiary/aromatic N) is 1. The van der Waals surface area contributed by atoms with Crippen LogP contribution in [0.25, 0.3) is 44.8 Å². The fourth-order valence-electron chi connectivity index (χ4n) is 3.65. The molecule has 183 valence electrons. The van der Waals surface area contributed by atoms with Crippen LogP contribution in [0.1, 0.15) is 19.4 Å². The molecule has 2 heterocycles. The number of hydrogen-bond acceptors (Lipinski definition) is 4. The Labute approximate surface area is 224 Å². The molecule has 0 spiro atoms. The molecule has 5 rings (SSSR count). The first kappa shape index (κ1) is 26.8. The van der Waals surface area contributed by atoms with E-state index >= 15 is 0 Å². The van der Waals surface area contributed by atoms with Gasteiger partial charge in [0.1, 0.15) is 5.76 Å². The van der Waals surface area contributed by atoms with Gasteiger partial charge in [-0.3, -0.25) is 9.78 Å². The van der Waals surface area contributed by atoms with Crippen LogP contribution in [0.4, 0.5) is 0 Å². The third-order valence-corrected chi connectivity index (χ3v) is 5.31.